The van der Waals surface area contributed by atoms with Crippen molar-refractivity contribution in [3.8, 4) is 0 Å². The molecule has 414 valence electrons. The minimum Gasteiger partial charge on any atom is -0.462 e. The molecule has 0 heterocycles. The molecular weight excluding hydrogens is 877 g/mol. The number of rotatable bonds is 57. The van der Waals surface area contributed by atoms with Gasteiger partial charge in [-0.2, -0.15) is 0 Å². The van der Waals surface area contributed by atoms with Gasteiger partial charge < -0.3 is 14.2 Å². The summed E-state index contributed by atoms with van der Waals surface area (Å²) in [6.07, 6.45) is 74.0. The molecule has 0 amide bonds. The SMILES string of the molecule is CCCCC/C=C\CCCCCCCC(=O)OCC(COC(=O)CCCCCCCCCCCCCCC/C=C\CCCCCCCCCC)OC(=O)CCCCCCC/C=C\C/C=C\CCCCCC. The van der Waals surface area contributed by atoms with Gasteiger partial charge in [-0.1, -0.05) is 256 Å². The summed E-state index contributed by atoms with van der Waals surface area (Å²) in [6, 6.07) is 0. The van der Waals surface area contributed by atoms with Crippen molar-refractivity contribution in [1.82, 2.24) is 0 Å². The molecule has 0 spiro atoms. The number of allylic oxidation sites excluding steroid dienone is 8. The number of carbonyl (C=O) groups is 3. The van der Waals surface area contributed by atoms with Crippen LogP contribution in [0.25, 0.3) is 0 Å². The Hall–Kier alpha value is -2.63. The van der Waals surface area contributed by atoms with E-state index < -0.39 is 6.10 Å². The smallest absolute Gasteiger partial charge is 0.306 e. The van der Waals surface area contributed by atoms with Gasteiger partial charge in [0.05, 0.1) is 0 Å². The molecule has 0 aromatic heterocycles. The Morgan fingerprint density at radius 2 is 0.507 bits per heavy atom. The third-order valence-electron chi connectivity index (χ3n) is 13.8. The second kappa shape index (κ2) is 59.9. The fourth-order valence-electron chi connectivity index (χ4n) is 9.05. The van der Waals surface area contributed by atoms with Gasteiger partial charge in [0.2, 0.25) is 0 Å². The summed E-state index contributed by atoms with van der Waals surface area (Å²) in [5.74, 6) is -0.888. The van der Waals surface area contributed by atoms with E-state index in [0.29, 0.717) is 19.3 Å². The zero-order valence-electron chi connectivity index (χ0n) is 47.5. The van der Waals surface area contributed by atoms with Crippen LogP contribution in [-0.4, -0.2) is 37.2 Å². The Bertz CT molecular complexity index is 1230. The van der Waals surface area contributed by atoms with Crippen LogP contribution in [0.1, 0.15) is 329 Å². The van der Waals surface area contributed by atoms with E-state index in [1.165, 1.54) is 199 Å². The van der Waals surface area contributed by atoms with Crippen LogP contribution in [0.5, 0.6) is 0 Å². The molecule has 0 N–H and O–H groups in total. The van der Waals surface area contributed by atoms with Crippen molar-refractivity contribution in [2.24, 2.45) is 0 Å². The molecule has 6 heteroatoms. The number of hydrogen-bond donors (Lipinski definition) is 0. The number of ether oxygens (including phenoxy) is 3. The third-order valence-corrected chi connectivity index (χ3v) is 13.8. The van der Waals surface area contributed by atoms with E-state index in [4.69, 9.17) is 14.2 Å². The fraction of sp³-hybridized carbons (Fsp3) is 0.831. The Morgan fingerprint density at radius 3 is 0.831 bits per heavy atom. The van der Waals surface area contributed by atoms with Crippen molar-refractivity contribution in [3.63, 3.8) is 0 Å². The maximum absolute atomic E-state index is 12.9. The molecule has 0 aliphatic carbocycles. The quantitative estimate of drug-likeness (QED) is 0.0261. The lowest BCUT2D eigenvalue weighted by molar-refractivity contribution is -0.167. The first kappa shape index (κ1) is 68.4. The number of esters is 3. The molecule has 0 saturated carbocycles. The summed E-state index contributed by atoms with van der Waals surface area (Å²) in [5, 5.41) is 0. The number of unbranched alkanes of at least 4 members (excludes halogenated alkanes) is 38. The molecular formula is C65H118O6. The summed E-state index contributed by atoms with van der Waals surface area (Å²) in [5.41, 5.74) is 0. The van der Waals surface area contributed by atoms with Crippen LogP contribution >= 0.6 is 0 Å². The van der Waals surface area contributed by atoms with Crippen LogP contribution in [0.2, 0.25) is 0 Å². The molecule has 0 fully saturated rings. The Kier molecular flexibility index (Phi) is 57.7. The lowest BCUT2D eigenvalue weighted by atomic mass is 10.0. The van der Waals surface area contributed by atoms with Crippen LogP contribution in [0.4, 0.5) is 0 Å². The summed E-state index contributed by atoms with van der Waals surface area (Å²) in [6.45, 7) is 6.62. The van der Waals surface area contributed by atoms with Gasteiger partial charge in [-0.05, 0) is 103 Å². The highest BCUT2D eigenvalue weighted by atomic mass is 16.6. The molecule has 6 nitrogen and oxygen atoms in total. The highest BCUT2D eigenvalue weighted by Gasteiger charge is 2.19. The molecule has 0 aromatic carbocycles. The topological polar surface area (TPSA) is 78.9 Å². The van der Waals surface area contributed by atoms with Crippen molar-refractivity contribution in [1.29, 1.82) is 0 Å². The third kappa shape index (κ3) is 58.1. The largest absolute Gasteiger partial charge is 0.462 e. The zero-order valence-corrected chi connectivity index (χ0v) is 47.5. The summed E-state index contributed by atoms with van der Waals surface area (Å²) < 4.78 is 16.9. The predicted octanol–water partition coefficient (Wildman–Crippen LogP) is 21.0. The zero-order chi connectivity index (χ0) is 51.4. The van der Waals surface area contributed by atoms with E-state index in [9.17, 15) is 14.4 Å². The van der Waals surface area contributed by atoms with Gasteiger partial charge >= 0.3 is 17.9 Å². The van der Waals surface area contributed by atoms with Crippen LogP contribution in [0.3, 0.4) is 0 Å². The van der Waals surface area contributed by atoms with Crippen LogP contribution in [0.15, 0.2) is 48.6 Å². The molecule has 1 atom stereocenters. The minimum atomic E-state index is -0.783. The maximum atomic E-state index is 12.9. The first-order chi connectivity index (χ1) is 35.0. The van der Waals surface area contributed by atoms with Crippen LogP contribution in [0, 0.1) is 0 Å². The van der Waals surface area contributed by atoms with Gasteiger partial charge in [0, 0.05) is 19.3 Å². The maximum Gasteiger partial charge on any atom is 0.306 e. The molecule has 0 radical (unpaired) electrons. The summed E-state index contributed by atoms with van der Waals surface area (Å²) >= 11 is 0. The van der Waals surface area contributed by atoms with Crippen LogP contribution in [-0.2, 0) is 28.6 Å². The van der Waals surface area contributed by atoms with E-state index in [0.717, 1.165) is 89.9 Å². The monoisotopic (exact) mass is 995 g/mol. The second-order valence-corrected chi connectivity index (χ2v) is 21.0. The Balaban J connectivity index is 4.25. The molecule has 0 rings (SSSR count). The Labute approximate surface area is 441 Å². The van der Waals surface area contributed by atoms with Gasteiger partial charge in [-0.3, -0.25) is 14.4 Å². The molecule has 0 aromatic rings. The molecule has 0 saturated heterocycles. The molecule has 1 unspecified atom stereocenters. The highest BCUT2D eigenvalue weighted by molar-refractivity contribution is 5.71. The van der Waals surface area contributed by atoms with Gasteiger partial charge in [0.25, 0.3) is 0 Å². The van der Waals surface area contributed by atoms with Crippen molar-refractivity contribution in [2.45, 2.75) is 335 Å². The summed E-state index contributed by atoms with van der Waals surface area (Å²) in [4.78, 5) is 38.2. The van der Waals surface area contributed by atoms with E-state index in [1.807, 2.05) is 0 Å². The van der Waals surface area contributed by atoms with E-state index in [-0.39, 0.29) is 31.1 Å². The Morgan fingerprint density at radius 1 is 0.282 bits per heavy atom. The predicted molar refractivity (Wildman–Crippen MR) is 307 cm³/mol. The first-order valence-electron chi connectivity index (χ1n) is 31.1. The van der Waals surface area contributed by atoms with E-state index in [2.05, 4.69) is 69.4 Å². The standard InChI is InChI=1S/C65H118O6/c1-4-7-10-13-16-19-22-25-27-29-30-31-32-33-34-35-36-37-39-40-43-46-49-52-55-58-64(67)70-61-62(60-69-63(66)57-54-51-48-45-42-24-21-18-15-12-9-6-3)71-65(68)59-56-53-50-47-44-41-38-28-26-23-20-17-14-11-8-5-2/h18,20-21,23,28-30,38,62H,4-17,19,22,24-27,31-37,39-61H2,1-3H3/b21-18-,23-20-,30-29-,38-28-. The molecule has 71 heavy (non-hydrogen) atoms. The van der Waals surface area contributed by atoms with Gasteiger partial charge in [0.1, 0.15) is 13.2 Å². The fourth-order valence-corrected chi connectivity index (χ4v) is 9.05. The van der Waals surface area contributed by atoms with E-state index >= 15 is 0 Å². The molecule has 0 bridgehead atoms. The van der Waals surface area contributed by atoms with Crippen molar-refractivity contribution in [2.75, 3.05) is 13.2 Å². The van der Waals surface area contributed by atoms with Crippen molar-refractivity contribution in [3.05, 3.63) is 48.6 Å². The van der Waals surface area contributed by atoms with Crippen molar-refractivity contribution >= 4 is 17.9 Å². The van der Waals surface area contributed by atoms with Gasteiger partial charge in [-0.15, -0.1) is 0 Å². The molecule has 0 aliphatic heterocycles. The van der Waals surface area contributed by atoms with Gasteiger partial charge in [0.15, 0.2) is 6.10 Å². The normalized spacial score (nSPS) is 12.3. The highest BCUT2D eigenvalue weighted by Crippen LogP contribution is 2.16. The van der Waals surface area contributed by atoms with E-state index in [1.54, 1.807) is 0 Å². The minimum absolute atomic E-state index is 0.0794. The van der Waals surface area contributed by atoms with Gasteiger partial charge in [-0.25, -0.2) is 0 Å². The second-order valence-electron chi connectivity index (χ2n) is 21.0. The lowest BCUT2D eigenvalue weighted by Gasteiger charge is -2.18. The average molecular weight is 996 g/mol. The average Bonchev–Trinajstić information content (AvgIpc) is 3.37. The lowest BCUT2D eigenvalue weighted by Crippen LogP contribution is -2.30. The van der Waals surface area contributed by atoms with Crippen LogP contribution < -0.4 is 0 Å². The first-order valence-corrected chi connectivity index (χ1v) is 31.1. The summed E-state index contributed by atoms with van der Waals surface area (Å²) in [7, 11) is 0. The number of carbonyl (C=O) groups excluding carboxylic acids is 3. The number of hydrogen-bond acceptors (Lipinski definition) is 6. The molecule has 0 aliphatic rings. The van der Waals surface area contributed by atoms with Crippen molar-refractivity contribution < 1.29 is 28.6 Å².